The van der Waals surface area contributed by atoms with Gasteiger partial charge < -0.3 is 9.64 Å². The maximum atomic E-state index is 11.6. The number of ether oxygens (including phenoxy) is 1. The summed E-state index contributed by atoms with van der Waals surface area (Å²) in [6.07, 6.45) is 4.50. The third kappa shape index (κ3) is 3.86. The number of hydrogen-bond donors (Lipinski definition) is 0. The lowest BCUT2D eigenvalue weighted by Crippen LogP contribution is -2.34. The van der Waals surface area contributed by atoms with Crippen molar-refractivity contribution in [1.29, 1.82) is 0 Å². The molecule has 82 valence electrons. The fourth-order valence-electron chi connectivity index (χ4n) is 1.53. The largest absolute Gasteiger partial charge is 0.446 e. The Morgan fingerprint density at radius 3 is 2.43 bits per heavy atom. The normalized spacial score (nSPS) is 20.0. The quantitative estimate of drug-likeness (QED) is 0.718. The van der Waals surface area contributed by atoms with Gasteiger partial charge in [-0.2, -0.15) is 0 Å². The number of nitrogens with zero attached hydrogens (tertiary/aromatic N) is 1. The number of likely N-dealkylation sites (tertiary alicyclic amines) is 1. The van der Waals surface area contributed by atoms with Gasteiger partial charge in [0, 0.05) is 18.4 Å². The second kappa shape index (κ2) is 6.27. The minimum absolute atomic E-state index is 0.0363. The summed E-state index contributed by atoms with van der Waals surface area (Å²) >= 11 is 3.29. The zero-order chi connectivity index (χ0) is 10.4. The minimum atomic E-state index is -0.154. The second-order valence-corrected chi connectivity index (χ2v) is 4.40. The van der Waals surface area contributed by atoms with E-state index in [0.29, 0.717) is 5.33 Å². The monoisotopic (exact) mass is 263 g/mol. The lowest BCUT2D eigenvalue weighted by Gasteiger charge is -2.21. The van der Waals surface area contributed by atoms with Gasteiger partial charge in [0.25, 0.3) is 0 Å². The molecule has 0 N–H and O–H groups in total. The van der Waals surface area contributed by atoms with Crippen LogP contribution in [0.15, 0.2) is 0 Å². The molecule has 0 aromatic carbocycles. The predicted octanol–water partition coefficient (Wildman–Crippen LogP) is 2.78. The van der Waals surface area contributed by atoms with Crippen LogP contribution in [0.4, 0.5) is 4.79 Å². The van der Waals surface area contributed by atoms with E-state index in [-0.39, 0.29) is 12.2 Å². The first kappa shape index (κ1) is 11.8. The van der Waals surface area contributed by atoms with E-state index in [1.54, 1.807) is 0 Å². The highest BCUT2D eigenvalue weighted by Gasteiger charge is 2.18. The van der Waals surface area contributed by atoms with Crippen LogP contribution in [-0.2, 0) is 4.74 Å². The number of alkyl halides is 1. The Hall–Kier alpha value is -0.250. The fraction of sp³-hybridized carbons (Fsp3) is 0.900. The molecule has 1 aliphatic heterocycles. The number of amides is 1. The van der Waals surface area contributed by atoms with E-state index in [1.807, 2.05) is 11.8 Å². The summed E-state index contributed by atoms with van der Waals surface area (Å²) in [5.41, 5.74) is 0. The molecule has 4 heteroatoms. The van der Waals surface area contributed by atoms with Crippen molar-refractivity contribution in [2.75, 3.05) is 18.4 Å². The highest BCUT2D eigenvalue weighted by Crippen LogP contribution is 2.11. The molecule has 1 amide bonds. The van der Waals surface area contributed by atoms with Crippen LogP contribution < -0.4 is 0 Å². The van der Waals surface area contributed by atoms with Crippen LogP contribution in [0.25, 0.3) is 0 Å². The summed E-state index contributed by atoms with van der Waals surface area (Å²) in [6, 6.07) is 0. The molecule has 1 saturated heterocycles. The first-order valence-electron chi connectivity index (χ1n) is 5.25. The second-order valence-electron chi connectivity index (χ2n) is 3.75. The third-order valence-corrected chi connectivity index (χ3v) is 3.30. The van der Waals surface area contributed by atoms with Gasteiger partial charge in [-0.15, -0.1) is 0 Å². The molecule has 1 aliphatic rings. The van der Waals surface area contributed by atoms with Gasteiger partial charge in [-0.3, -0.25) is 0 Å². The Morgan fingerprint density at radius 2 is 1.93 bits per heavy atom. The standard InChI is InChI=1S/C10H18BrNO2/c1-9(8-11)14-10(13)12-6-4-2-3-5-7-12/h9H,2-8H2,1H3. The maximum absolute atomic E-state index is 11.6. The summed E-state index contributed by atoms with van der Waals surface area (Å²) in [5, 5.41) is 0.701. The van der Waals surface area contributed by atoms with Crippen LogP contribution in [0, 0.1) is 0 Å². The molecule has 1 atom stereocenters. The number of carbonyl (C=O) groups excluding carboxylic acids is 1. The summed E-state index contributed by atoms with van der Waals surface area (Å²) < 4.78 is 5.23. The van der Waals surface area contributed by atoms with Gasteiger partial charge in [-0.1, -0.05) is 28.8 Å². The van der Waals surface area contributed by atoms with E-state index in [1.165, 1.54) is 12.8 Å². The first-order valence-corrected chi connectivity index (χ1v) is 6.37. The van der Waals surface area contributed by atoms with Gasteiger partial charge in [0.05, 0.1) is 0 Å². The van der Waals surface area contributed by atoms with Crippen molar-refractivity contribution in [3.63, 3.8) is 0 Å². The number of halogens is 1. The summed E-state index contributed by atoms with van der Waals surface area (Å²) in [7, 11) is 0. The maximum Gasteiger partial charge on any atom is 0.410 e. The molecule has 3 nitrogen and oxygen atoms in total. The average Bonchev–Trinajstić information content (AvgIpc) is 2.45. The average molecular weight is 264 g/mol. The Bertz CT molecular complexity index is 179. The molecule has 1 heterocycles. The van der Waals surface area contributed by atoms with Crippen LogP contribution >= 0.6 is 15.9 Å². The van der Waals surface area contributed by atoms with E-state index in [0.717, 1.165) is 25.9 Å². The Labute approximate surface area is 93.9 Å². The molecule has 0 saturated carbocycles. The topological polar surface area (TPSA) is 29.5 Å². The van der Waals surface area contributed by atoms with Crippen molar-refractivity contribution < 1.29 is 9.53 Å². The lowest BCUT2D eigenvalue weighted by molar-refractivity contribution is 0.0799. The van der Waals surface area contributed by atoms with Gasteiger partial charge in [-0.25, -0.2) is 4.79 Å². The van der Waals surface area contributed by atoms with Crippen molar-refractivity contribution in [3.8, 4) is 0 Å². The van der Waals surface area contributed by atoms with E-state index in [2.05, 4.69) is 15.9 Å². The molecular weight excluding hydrogens is 246 g/mol. The third-order valence-electron chi connectivity index (χ3n) is 2.38. The van der Waals surface area contributed by atoms with Crippen molar-refractivity contribution in [3.05, 3.63) is 0 Å². The first-order chi connectivity index (χ1) is 6.74. The van der Waals surface area contributed by atoms with Gasteiger partial charge in [0.1, 0.15) is 6.10 Å². The Morgan fingerprint density at radius 1 is 1.36 bits per heavy atom. The molecule has 0 bridgehead atoms. The lowest BCUT2D eigenvalue weighted by atomic mass is 10.2. The van der Waals surface area contributed by atoms with Crippen LogP contribution in [0.2, 0.25) is 0 Å². The van der Waals surface area contributed by atoms with Gasteiger partial charge in [0.15, 0.2) is 0 Å². The predicted molar refractivity (Wildman–Crippen MR) is 59.8 cm³/mol. The Balaban J connectivity index is 2.34. The minimum Gasteiger partial charge on any atom is -0.446 e. The van der Waals surface area contributed by atoms with E-state index < -0.39 is 0 Å². The molecule has 0 aromatic rings. The molecule has 1 unspecified atom stereocenters. The van der Waals surface area contributed by atoms with E-state index >= 15 is 0 Å². The summed E-state index contributed by atoms with van der Waals surface area (Å²) in [5.74, 6) is 0. The zero-order valence-corrected chi connectivity index (χ0v) is 10.3. The van der Waals surface area contributed by atoms with Crippen LogP contribution in [0.1, 0.15) is 32.6 Å². The smallest absolute Gasteiger partial charge is 0.410 e. The van der Waals surface area contributed by atoms with Crippen LogP contribution in [0.5, 0.6) is 0 Å². The molecular formula is C10H18BrNO2. The molecule has 14 heavy (non-hydrogen) atoms. The highest BCUT2D eigenvalue weighted by atomic mass is 79.9. The molecule has 1 fully saturated rings. The summed E-state index contributed by atoms with van der Waals surface area (Å²) in [4.78, 5) is 13.4. The Kier molecular flexibility index (Phi) is 5.30. The molecule has 0 radical (unpaired) electrons. The van der Waals surface area contributed by atoms with Crippen molar-refractivity contribution in [2.45, 2.75) is 38.7 Å². The number of hydrogen-bond acceptors (Lipinski definition) is 2. The van der Waals surface area contributed by atoms with Crippen molar-refractivity contribution in [2.24, 2.45) is 0 Å². The molecule has 0 aromatic heterocycles. The molecule has 0 aliphatic carbocycles. The van der Waals surface area contributed by atoms with Crippen LogP contribution in [0.3, 0.4) is 0 Å². The van der Waals surface area contributed by atoms with Crippen molar-refractivity contribution in [1.82, 2.24) is 4.90 Å². The SMILES string of the molecule is CC(CBr)OC(=O)N1CCCCCC1. The van der Waals surface area contributed by atoms with Crippen LogP contribution in [-0.4, -0.2) is 35.5 Å². The number of carbonyl (C=O) groups is 1. The number of rotatable bonds is 2. The zero-order valence-electron chi connectivity index (χ0n) is 8.67. The molecule has 0 spiro atoms. The summed E-state index contributed by atoms with van der Waals surface area (Å²) in [6.45, 7) is 3.60. The fourth-order valence-corrected chi connectivity index (χ4v) is 1.66. The van der Waals surface area contributed by atoms with E-state index in [4.69, 9.17) is 4.74 Å². The molecule has 1 rings (SSSR count). The highest BCUT2D eigenvalue weighted by molar-refractivity contribution is 9.09. The van der Waals surface area contributed by atoms with Gasteiger partial charge >= 0.3 is 6.09 Å². The van der Waals surface area contributed by atoms with Gasteiger partial charge in [-0.05, 0) is 19.8 Å². The van der Waals surface area contributed by atoms with Crippen molar-refractivity contribution >= 4 is 22.0 Å². The van der Waals surface area contributed by atoms with Gasteiger partial charge in [0.2, 0.25) is 0 Å². The van der Waals surface area contributed by atoms with E-state index in [9.17, 15) is 4.79 Å².